The van der Waals surface area contributed by atoms with Gasteiger partial charge in [-0.25, -0.2) is 0 Å². The van der Waals surface area contributed by atoms with Crippen LogP contribution in [0.1, 0.15) is 11.1 Å². The Labute approximate surface area is 95.9 Å². The highest BCUT2D eigenvalue weighted by molar-refractivity contribution is 5.63. The molecule has 2 rings (SSSR count). The van der Waals surface area contributed by atoms with Gasteiger partial charge in [0.2, 0.25) is 0 Å². The number of benzene rings is 2. The highest BCUT2D eigenvalue weighted by Crippen LogP contribution is 2.17. The number of hydrogen-bond acceptors (Lipinski definition) is 2. The van der Waals surface area contributed by atoms with Gasteiger partial charge in [-0.3, -0.25) is 0 Å². The van der Waals surface area contributed by atoms with Crippen LogP contribution in [0, 0.1) is 0 Å². The fourth-order valence-corrected chi connectivity index (χ4v) is 1.71. The lowest BCUT2D eigenvalue weighted by molar-refractivity contribution is 0.961. The van der Waals surface area contributed by atoms with Crippen molar-refractivity contribution in [1.82, 2.24) is 0 Å². The second-order valence-electron chi connectivity index (χ2n) is 3.95. The van der Waals surface area contributed by atoms with Crippen LogP contribution < -0.4 is 11.5 Å². The van der Waals surface area contributed by atoms with Gasteiger partial charge in [0.25, 0.3) is 0 Å². The predicted octanol–water partition coefficient (Wildman–Crippen LogP) is 2.64. The van der Waals surface area contributed by atoms with E-state index < -0.39 is 0 Å². The molecule has 0 aliphatic heterocycles. The molecule has 16 heavy (non-hydrogen) atoms. The summed E-state index contributed by atoms with van der Waals surface area (Å²) in [6.45, 7) is 0. The second-order valence-corrected chi connectivity index (χ2v) is 3.95. The summed E-state index contributed by atoms with van der Waals surface area (Å²) in [5.41, 5.74) is 15.3. The SMILES string of the molecule is Nc1ccc(CCc2ccccc2)cc1N. The fourth-order valence-electron chi connectivity index (χ4n) is 1.71. The van der Waals surface area contributed by atoms with Crippen LogP contribution in [-0.4, -0.2) is 0 Å². The van der Waals surface area contributed by atoms with Gasteiger partial charge in [0, 0.05) is 0 Å². The summed E-state index contributed by atoms with van der Waals surface area (Å²) in [7, 11) is 0. The molecule has 0 saturated heterocycles. The molecule has 0 aliphatic rings. The van der Waals surface area contributed by atoms with Gasteiger partial charge in [0.15, 0.2) is 0 Å². The van der Waals surface area contributed by atoms with E-state index in [2.05, 4.69) is 24.3 Å². The molecule has 0 radical (unpaired) electrons. The number of nitrogens with two attached hydrogens (primary N) is 2. The topological polar surface area (TPSA) is 52.0 Å². The van der Waals surface area contributed by atoms with Crippen LogP contribution in [-0.2, 0) is 12.8 Å². The molecule has 2 nitrogen and oxygen atoms in total. The number of rotatable bonds is 3. The van der Waals surface area contributed by atoms with Crippen LogP contribution in [0.3, 0.4) is 0 Å². The molecular weight excluding hydrogens is 196 g/mol. The molecule has 0 aromatic heterocycles. The maximum atomic E-state index is 5.76. The lowest BCUT2D eigenvalue weighted by Crippen LogP contribution is -1.97. The third-order valence-electron chi connectivity index (χ3n) is 2.70. The molecule has 0 bridgehead atoms. The van der Waals surface area contributed by atoms with Gasteiger partial charge < -0.3 is 11.5 Å². The molecule has 0 aliphatic carbocycles. The summed E-state index contributed by atoms with van der Waals surface area (Å²) in [6, 6.07) is 16.3. The van der Waals surface area contributed by atoms with E-state index in [0.29, 0.717) is 11.4 Å². The number of hydrogen-bond donors (Lipinski definition) is 2. The van der Waals surface area contributed by atoms with Crippen molar-refractivity contribution >= 4 is 11.4 Å². The van der Waals surface area contributed by atoms with E-state index in [1.54, 1.807) is 0 Å². The van der Waals surface area contributed by atoms with Crippen LogP contribution in [0.15, 0.2) is 48.5 Å². The molecule has 0 atom stereocenters. The maximum absolute atomic E-state index is 5.76. The van der Waals surface area contributed by atoms with Crippen LogP contribution in [0.5, 0.6) is 0 Å². The summed E-state index contributed by atoms with van der Waals surface area (Å²) < 4.78 is 0. The smallest absolute Gasteiger partial charge is 0.0550 e. The monoisotopic (exact) mass is 212 g/mol. The van der Waals surface area contributed by atoms with Gasteiger partial charge >= 0.3 is 0 Å². The molecule has 0 heterocycles. The first kappa shape index (κ1) is 10.6. The third kappa shape index (κ3) is 2.54. The lowest BCUT2D eigenvalue weighted by Gasteiger charge is -2.05. The van der Waals surface area contributed by atoms with E-state index in [9.17, 15) is 0 Å². The molecule has 0 spiro atoms. The number of anilines is 2. The molecule has 0 unspecified atom stereocenters. The summed E-state index contributed by atoms with van der Waals surface area (Å²) >= 11 is 0. The maximum Gasteiger partial charge on any atom is 0.0550 e. The Balaban J connectivity index is 2.03. The molecule has 2 aromatic carbocycles. The minimum atomic E-state index is 0.656. The second kappa shape index (κ2) is 4.71. The molecule has 2 heteroatoms. The normalized spacial score (nSPS) is 10.2. The number of nitrogen functional groups attached to an aromatic ring is 2. The van der Waals surface area contributed by atoms with Gasteiger partial charge in [0.1, 0.15) is 0 Å². The van der Waals surface area contributed by atoms with Crippen molar-refractivity contribution in [1.29, 1.82) is 0 Å². The summed E-state index contributed by atoms with van der Waals surface area (Å²) in [4.78, 5) is 0. The summed E-state index contributed by atoms with van der Waals surface area (Å²) in [5.74, 6) is 0. The van der Waals surface area contributed by atoms with Crippen LogP contribution in [0.25, 0.3) is 0 Å². The Morgan fingerprint density at radius 1 is 0.688 bits per heavy atom. The first-order valence-corrected chi connectivity index (χ1v) is 5.43. The zero-order valence-corrected chi connectivity index (χ0v) is 9.19. The van der Waals surface area contributed by atoms with Gasteiger partial charge in [-0.1, -0.05) is 36.4 Å². The molecule has 4 N–H and O–H groups in total. The first-order valence-electron chi connectivity index (χ1n) is 5.43. The van der Waals surface area contributed by atoms with Crippen molar-refractivity contribution < 1.29 is 0 Å². The zero-order valence-electron chi connectivity index (χ0n) is 9.19. The zero-order chi connectivity index (χ0) is 11.4. The van der Waals surface area contributed by atoms with Crippen molar-refractivity contribution in [2.45, 2.75) is 12.8 Å². The Morgan fingerprint density at radius 3 is 2.06 bits per heavy atom. The average molecular weight is 212 g/mol. The average Bonchev–Trinajstić information content (AvgIpc) is 2.32. The quantitative estimate of drug-likeness (QED) is 0.768. The van der Waals surface area contributed by atoms with E-state index in [4.69, 9.17) is 11.5 Å². The molecule has 2 aromatic rings. The fraction of sp³-hybridized carbons (Fsp3) is 0.143. The van der Waals surface area contributed by atoms with E-state index in [-0.39, 0.29) is 0 Å². The standard InChI is InChI=1S/C14H16N2/c15-13-9-8-12(10-14(13)16)7-6-11-4-2-1-3-5-11/h1-5,8-10H,6-7,15-16H2. The van der Waals surface area contributed by atoms with Gasteiger partial charge in [-0.2, -0.15) is 0 Å². The lowest BCUT2D eigenvalue weighted by atomic mass is 10.0. The minimum absolute atomic E-state index is 0.656. The van der Waals surface area contributed by atoms with Gasteiger partial charge in [-0.05, 0) is 36.1 Å². The predicted molar refractivity (Wildman–Crippen MR) is 69.1 cm³/mol. The Morgan fingerprint density at radius 2 is 1.38 bits per heavy atom. The van der Waals surface area contributed by atoms with Crippen molar-refractivity contribution in [2.75, 3.05) is 11.5 Å². The van der Waals surface area contributed by atoms with Gasteiger partial charge in [-0.15, -0.1) is 0 Å². The molecule has 0 saturated carbocycles. The highest BCUT2D eigenvalue weighted by atomic mass is 14.7. The van der Waals surface area contributed by atoms with Crippen LogP contribution in [0.2, 0.25) is 0 Å². The Kier molecular flexibility index (Phi) is 3.10. The molecule has 82 valence electrons. The Hall–Kier alpha value is -1.96. The van der Waals surface area contributed by atoms with Crippen molar-refractivity contribution in [2.24, 2.45) is 0 Å². The summed E-state index contributed by atoms with van der Waals surface area (Å²) in [6.07, 6.45) is 2.03. The van der Waals surface area contributed by atoms with Crippen molar-refractivity contribution in [3.8, 4) is 0 Å². The van der Waals surface area contributed by atoms with Crippen molar-refractivity contribution in [3.63, 3.8) is 0 Å². The van der Waals surface area contributed by atoms with E-state index in [0.717, 1.165) is 12.8 Å². The third-order valence-corrected chi connectivity index (χ3v) is 2.70. The molecule has 0 fully saturated rings. The van der Waals surface area contributed by atoms with Crippen LogP contribution >= 0.6 is 0 Å². The summed E-state index contributed by atoms with van der Waals surface area (Å²) in [5, 5.41) is 0. The highest BCUT2D eigenvalue weighted by Gasteiger charge is 1.98. The minimum Gasteiger partial charge on any atom is -0.397 e. The molecule has 0 amide bonds. The van der Waals surface area contributed by atoms with Crippen LogP contribution in [0.4, 0.5) is 11.4 Å². The number of aryl methyl sites for hydroxylation is 2. The first-order chi connectivity index (χ1) is 7.75. The van der Waals surface area contributed by atoms with E-state index in [1.165, 1.54) is 11.1 Å². The van der Waals surface area contributed by atoms with E-state index >= 15 is 0 Å². The molecular formula is C14H16N2. The van der Waals surface area contributed by atoms with E-state index in [1.807, 2.05) is 24.3 Å². The van der Waals surface area contributed by atoms with Gasteiger partial charge in [0.05, 0.1) is 11.4 Å². The largest absolute Gasteiger partial charge is 0.397 e. The van der Waals surface area contributed by atoms with Crippen molar-refractivity contribution in [3.05, 3.63) is 59.7 Å². The Bertz CT molecular complexity index is 463.